The van der Waals surface area contributed by atoms with Gasteiger partial charge in [0.25, 0.3) is 0 Å². The van der Waals surface area contributed by atoms with Crippen LogP contribution in [0.3, 0.4) is 0 Å². The number of carbonyl (C=O) groups is 1. The summed E-state index contributed by atoms with van der Waals surface area (Å²) in [4.78, 5) is 10.8. The second-order valence-corrected chi connectivity index (χ2v) is 5.97. The van der Waals surface area contributed by atoms with Crippen LogP contribution in [0.25, 0.3) is 0 Å². The fourth-order valence-electron chi connectivity index (χ4n) is 1.08. The van der Waals surface area contributed by atoms with Crippen molar-refractivity contribution in [3.8, 4) is 0 Å². The summed E-state index contributed by atoms with van der Waals surface area (Å²) in [5.41, 5.74) is 0. The van der Waals surface area contributed by atoms with E-state index in [2.05, 4.69) is 5.32 Å². The van der Waals surface area contributed by atoms with Crippen LogP contribution >= 0.6 is 0 Å². The molecule has 0 spiro atoms. The average molecular weight is 219 g/mol. The SMILES string of the molecule is CC(C)S(=O)CC(NC1CC1)C(=O)O. The Morgan fingerprint density at radius 3 is 2.50 bits per heavy atom. The monoisotopic (exact) mass is 219 g/mol. The molecule has 14 heavy (non-hydrogen) atoms. The van der Waals surface area contributed by atoms with Gasteiger partial charge in [-0.3, -0.25) is 9.00 Å². The number of carboxylic acids is 1. The van der Waals surface area contributed by atoms with E-state index in [9.17, 15) is 9.00 Å². The molecule has 2 N–H and O–H groups in total. The quantitative estimate of drug-likeness (QED) is 0.676. The van der Waals surface area contributed by atoms with Crippen LogP contribution in [0, 0.1) is 0 Å². The summed E-state index contributed by atoms with van der Waals surface area (Å²) in [5.74, 6) is -0.686. The number of rotatable bonds is 6. The molecule has 1 fully saturated rings. The van der Waals surface area contributed by atoms with Crippen molar-refractivity contribution in [3.63, 3.8) is 0 Å². The lowest BCUT2D eigenvalue weighted by Crippen LogP contribution is -2.43. The Morgan fingerprint density at radius 1 is 1.57 bits per heavy atom. The Labute approximate surface area is 86.5 Å². The molecule has 2 unspecified atom stereocenters. The van der Waals surface area contributed by atoms with Crippen LogP contribution in [0.2, 0.25) is 0 Å². The first-order valence-electron chi connectivity index (χ1n) is 4.86. The summed E-state index contributed by atoms with van der Waals surface area (Å²) in [6.07, 6.45) is 2.08. The van der Waals surface area contributed by atoms with E-state index in [-0.39, 0.29) is 11.0 Å². The van der Waals surface area contributed by atoms with Crippen LogP contribution in [-0.2, 0) is 15.6 Å². The molecule has 0 aromatic rings. The van der Waals surface area contributed by atoms with Crippen LogP contribution in [-0.4, -0.2) is 38.4 Å². The molecule has 0 radical (unpaired) electrons. The van der Waals surface area contributed by atoms with Gasteiger partial charge in [-0.15, -0.1) is 0 Å². The standard InChI is InChI=1S/C9H17NO3S/c1-6(2)14(13)5-8(9(11)12)10-7-3-4-7/h6-8,10H,3-5H2,1-2H3,(H,11,12). The van der Waals surface area contributed by atoms with Crippen molar-refractivity contribution >= 4 is 16.8 Å². The molecule has 0 aromatic carbocycles. The summed E-state index contributed by atoms with van der Waals surface area (Å²) in [6.45, 7) is 3.68. The zero-order chi connectivity index (χ0) is 10.7. The van der Waals surface area contributed by atoms with Crippen molar-refractivity contribution in [2.45, 2.75) is 44.0 Å². The fraction of sp³-hybridized carbons (Fsp3) is 0.889. The molecule has 82 valence electrons. The predicted molar refractivity (Wildman–Crippen MR) is 55.7 cm³/mol. The average Bonchev–Trinajstić information content (AvgIpc) is 2.86. The van der Waals surface area contributed by atoms with E-state index in [0.29, 0.717) is 6.04 Å². The largest absolute Gasteiger partial charge is 0.480 e. The van der Waals surface area contributed by atoms with Crippen molar-refractivity contribution in [1.29, 1.82) is 0 Å². The minimum atomic E-state index is -1.05. The van der Waals surface area contributed by atoms with Crippen molar-refractivity contribution in [2.75, 3.05) is 5.75 Å². The second kappa shape index (κ2) is 4.89. The molecular formula is C9H17NO3S. The zero-order valence-corrected chi connectivity index (χ0v) is 9.34. The van der Waals surface area contributed by atoms with Gasteiger partial charge in [0.1, 0.15) is 6.04 Å². The summed E-state index contributed by atoms with van der Waals surface area (Å²) in [5, 5.41) is 11.9. The van der Waals surface area contributed by atoms with E-state index >= 15 is 0 Å². The fourth-order valence-corrected chi connectivity index (χ4v) is 2.03. The van der Waals surface area contributed by atoms with E-state index in [1.54, 1.807) is 0 Å². The van der Waals surface area contributed by atoms with Gasteiger partial charge in [-0.05, 0) is 12.8 Å². The number of hydrogen-bond donors (Lipinski definition) is 2. The second-order valence-electron chi connectivity index (χ2n) is 3.93. The maximum absolute atomic E-state index is 11.5. The lowest BCUT2D eigenvalue weighted by Gasteiger charge is -2.14. The van der Waals surface area contributed by atoms with Crippen molar-refractivity contribution < 1.29 is 14.1 Å². The first-order valence-corrected chi connectivity index (χ1v) is 6.25. The number of nitrogens with one attached hydrogen (secondary N) is 1. The summed E-state index contributed by atoms with van der Waals surface area (Å²) in [7, 11) is -1.05. The number of aliphatic carboxylic acids is 1. The molecule has 0 heterocycles. The highest BCUT2D eigenvalue weighted by Crippen LogP contribution is 2.19. The van der Waals surface area contributed by atoms with Crippen molar-refractivity contribution in [1.82, 2.24) is 5.32 Å². The van der Waals surface area contributed by atoms with Crippen LogP contribution in [0.15, 0.2) is 0 Å². The van der Waals surface area contributed by atoms with Crippen molar-refractivity contribution in [2.24, 2.45) is 0 Å². The molecule has 1 aliphatic rings. The van der Waals surface area contributed by atoms with Gasteiger partial charge in [-0.1, -0.05) is 13.8 Å². The first-order chi connectivity index (χ1) is 6.50. The topological polar surface area (TPSA) is 66.4 Å². The van der Waals surface area contributed by atoms with Gasteiger partial charge < -0.3 is 10.4 Å². The summed E-state index contributed by atoms with van der Waals surface area (Å²) in [6, 6.07) is -0.314. The summed E-state index contributed by atoms with van der Waals surface area (Å²) < 4.78 is 11.5. The van der Waals surface area contributed by atoms with Gasteiger partial charge in [0.2, 0.25) is 0 Å². The van der Waals surface area contributed by atoms with Crippen LogP contribution < -0.4 is 5.32 Å². The van der Waals surface area contributed by atoms with Crippen LogP contribution in [0.4, 0.5) is 0 Å². The Morgan fingerprint density at radius 2 is 2.14 bits per heavy atom. The van der Waals surface area contributed by atoms with Gasteiger partial charge in [0, 0.05) is 27.8 Å². The number of hydrogen-bond acceptors (Lipinski definition) is 3. The Kier molecular flexibility index (Phi) is 4.07. The normalized spacial score (nSPS) is 20.8. The Balaban J connectivity index is 2.41. The van der Waals surface area contributed by atoms with E-state index in [1.807, 2.05) is 13.8 Å². The van der Waals surface area contributed by atoms with Gasteiger partial charge in [-0.2, -0.15) is 0 Å². The molecule has 0 saturated heterocycles. The molecule has 0 amide bonds. The van der Waals surface area contributed by atoms with Gasteiger partial charge in [0.15, 0.2) is 0 Å². The van der Waals surface area contributed by atoms with Crippen LogP contribution in [0.1, 0.15) is 26.7 Å². The maximum atomic E-state index is 11.5. The lowest BCUT2D eigenvalue weighted by molar-refractivity contribution is -0.138. The smallest absolute Gasteiger partial charge is 0.321 e. The highest BCUT2D eigenvalue weighted by molar-refractivity contribution is 7.85. The molecule has 1 aliphatic carbocycles. The first kappa shape index (κ1) is 11.7. The molecule has 2 atom stereocenters. The minimum absolute atomic E-state index is 0.0258. The van der Waals surface area contributed by atoms with E-state index in [1.165, 1.54) is 0 Å². The van der Waals surface area contributed by atoms with Gasteiger partial charge >= 0.3 is 5.97 Å². The molecule has 0 aliphatic heterocycles. The molecule has 1 saturated carbocycles. The molecule has 0 aromatic heterocycles. The highest BCUT2D eigenvalue weighted by atomic mass is 32.2. The van der Waals surface area contributed by atoms with E-state index in [0.717, 1.165) is 12.8 Å². The highest BCUT2D eigenvalue weighted by Gasteiger charge is 2.29. The van der Waals surface area contributed by atoms with E-state index in [4.69, 9.17) is 5.11 Å². The van der Waals surface area contributed by atoms with Gasteiger partial charge in [-0.25, -0.2) is 0 Å². The summed E-state index contributed by atoms with van der Waals surface area (Å²) >= 11 is 0. The Bertz CT molecular complexity index is 238. The Hall–Kier alpha value is -0.420. The molecular weight excluding hydrogens is 202 g/mol. The lowest BCUT2D eigenvalue weighted by atomic mass is 10.3. The van der Waals surface area contributed by atoms with E-state index < -0.39 is 22.8 Å². The minimum Gasteiger partial charge on any atom is -0.480 e. The molecule has 4 nitrogen and oxygen atoms in total. The van der Waals surface area contributed by atoms with Crippen molar-refractivity contribution in [3.05, 3.63) is 0 Å². The third-order valence-corrected chi connectivity index (χ3v) is 3.88. The third-order valence-electron chi connectivity index (χ3n) is 2.17. The zero-order valence-electron chi connectivity index (χ0n) is 8.53. The molecule has 5 heteroatoms. The predicted octanol–water partition coefficient (Wildman–Crippen LogP) is 0.349. The molecule has 1 rings (SSSR count). The number of carboxylic acid groups (broad SMARTS) is 1. The molecule has 0 bridgehead atoms. The maximum Gasteiger partial charge on any atom is 0.321 e. The van der Waals surface area contributed by atoms with Crippen LogP contribution in [0.5, 0.6) is 0 Å². The third kappa shape index (κ3) is 3.75. The van der Waals surface area contributed by atoms with Gasteiger partial charge in [0.05, 0.1) is 0 Å².